The maximum Gasteiger partial charge on any atom is 0.534 e. The van der Waals surface area contributed by atoms with E-state index in [1.807, 2.05) is 51.1 Å². The molecule has 0 radical (unpaired) electrons. The minimum Gasteiger partial charge on any atom is -0.445 e. The molecule has 0 fully saturated rings. The van der Waals surface area contributed by atoms with Crippen molar-refractivity contribution in [3.8, 4) is 5.75 Å². The zero-order valence-corrected chi connectivity index (χ0v) is 20.7. The highest BCUT2D eigenvalue weighted by molar-refractivity contribution is 7.88. The Hall–Kier alpha value is -3.12. The monoisotopic (exact) mass is 521 g/mol. The number of nitrogens with two attached hydrogens (primary N) is 1. The number of carbonyl (C=O) groups is 2. The summed E-state index contributed by atoms with van der Waals surface area (Å²) >= 11 is 0. The lowest BCUT2D eigenvalue weighted by Crippen LogP contribution is -2.28. The Morgan fingerprint density at radius 1 is 0.971 bits per heavy atom. The summed E-state index contributed by atoms with van der Waals surface area (Å²) in [5.41, 5.74) is 0.995. The van der Waals surface area contributed by atoms with Crippen LogP contribution in [0.2, 0.25) is 0 Å². The summed E-state index contributed by atoms with van der Waals surface area (Å²) in [6, 6.07) is 14.4. The number of amides is 1. The summed E-state index contributed by atoms with van der Waals surface area (Å²) < 4.78 is 70.8. The molecular weight excluding hydrogens is 491 g/mol. The normalized spacial score (nSPS) is 11.2. The summed E-state index contributed by atoms with van der Waals surface area (Å²) in [4.78, 5) is 20.3. The molecule has 2 rings (SSSR count). The maximum absolute atomic E-state index is 12.0. The van der Waals surface area contributed by atoms with Crippen molar-refractivity contribution in [1.29, 1.82) is 0 Å². The van der Waals surface area contributed by atoms with Crippen LogP contribution in [0.3, 0.4) is 0 Å². The number of hydrogen-bond acceptors (Lipinski definition) is 7. The molecule has 0 saturated carbocycles. The molecule has 0 spiro atoms. The lowest BCUT2D eigenvalue weighted by atomic mass is 10.1. The molecular formula is C23H30F3NO7S. The highest BCUT2D eigenvalue weighted by Crippen LogP contribution is 2.27. The van der Waals surface area contributed by atoms with Crippen LogP contribution < -0.4 is 9.92 Å². The van der Waals surface area contributed by atoms with E-state index >= 15 is 0 Å². The van der Waals surface area contributed by atoms with Crippen molar-refractivity contribution in [1.82, 2.24) is 0 Å². The van der Waals surface area contributed by atoms with E-state index in [1.54, 1.807) is 7.11 Å². The Morgan fingerprint density at radius 3 is 1.89 bits per heavy atom. The van der Waals surface area contributed by atoms with Crippen molar-refractivity contribution in [3.63, 3.8) is 0 Å². The molecule has 0 heterocycles. The second-order valence-corrected chi connectivity index (χ2v) is 9.28. The molecule has 0 aliphatic heterocycles. The number of primary amides is 1. The fourth-order valence-electron chi connectivity index (χ4n) is 1.84. The van der Waals surface area contributed by atoms with Crippen LogP contribution in [0.4, 0.5) is 18.0 Å². The number of methoxy groups -OCH3 is 1. The Labute approximate surface area is 203 Å². The van der Waals surface area contributed by atoms with Crippen LogP contribution in [0.1, 0.15) is 38.3 Å². The second kappa shape index (κ2) is 15.0. The minimum absolute atomic E-state index is 0.0417. The van der Waals surface area contributed by atoms with Gasteiger partial charge in [0.2, 0.25) is 0 Å². The van der Waals surface area contributed by atoms with Crippen LogP contribution in [-0.2, 0) is 37.4 Å². The number of benzene rings is 2. The number of ether oxygens (including phenoxy) is 2. The number of carbonyl (C=O) groups excluding carboxylic acids is 2. The van der Waals surface area contributed by atoms with E-state index in [-0.39, 0.29) is 18.6 Å². The molecule has 0 aliphatic rings. The Kier molecular flexibility index (Phi) is 13.7. The summed E-state index contributed by atoms with van der Waals surface area (Å²) in [5.74, 6) is -0.429. The third-order valence-electron chi connectivity index (χ3n) is 3.80. The van der Waals surface area contributed by atoms with Crippen molar-refractivity contribution in [3.05, 3.63) is 65.7 Å². The maximum atomic E-state index is 12.0. The number of alkyl halides is 3. The summed E-state index contributed by atoms with van der Waals surface area (Å²) in [6.45, 7) is 6.31. The van der Waals surface area contributed by atoms with Gasteiger partial charge in [0.25, 0.3) is 0 Å². The average Bonchev–Trinajstić information content (AvgIpc) is 2.77. The Balaban J connectivity index is 0.000000574. The number of aryl methyl sites for hydroxylation is 1. The third-order valence-corrected chi connectivity index (χ3v) is 4.78. The largest absolute Gasteiger partial charge is 0.534 e. The highest BCUT2D eigenvalue weighted by atomic mass is 32.2. The SMILES string of the molecule is COC(C)(C)C.NC(=O)OCc1ccccc1.O=CCCc1ccc(OS(=O)(=O)C(F)(F)F)cc1. The fourth-order valence-corrected chi connectivity index (χ4v) is 2.30. The van der Waals surface area contributed by atoms with E-state index in [9.17, 15) is 31.2 Å². The van der Waals surface area contributed by atoms with Crippen LogP contribution in [0.15, 0.2) is 54.6 Å². The van der Waals surface area contributed by atoms with Gasteiger partial charge in [0.05, 0.1) is 5.60 Å². The fraction of sp³-hybridized carbons (Fsp3) is 0.391. The van der Waals surface area contributed by atoms with Gasteiger partial charge in [0.1, 0.15) is 18.6 Å². The summed E-state index contributed by atoms with van der Waals surface area (Å²) in [7, 11) is -3.93. The zero-order chi connectivity index (χ0) is 27.1. The molecule has 196 valence electrons. The van der Waals surface area contributed by atoms with Gasteiger partial charge in [-0.05, 0) is 50.5 Å². The van der Waals surface area contributed by atoms with Gasteiger partial charge in [-0.15, -0.1) is 0 Å². The molecule has 2 N–H and O–H groups in total. The molecule has 0 unspecified atom stereocenters. The second-order valence-electron chi connectivity index (χ2n) is 7.74. The van der Waals surface area contributed by atoms with Crippen molar-refractivity contribution in [2.45, 2.75) is 51.3 Å². The van der Waals surface area contributed by atoms with E-state index in [1.165, 1.54) is 12.1 Å². The lowest BCUT2D eigenvalue weighted by molar-refractivity contribution is -0.107. The molecule has 1 amide bonds. The van der Waals surface area contributed by atoms with Crippen molar-refractivity contribution in [2.75, 3.05) is 7.11 Å². The number of aldehydes is 1. The highest BCUT2D eigenvalue weighted by Gasteiger charge is 2.48. The molecule has 2 aromatic carbocycles. The third kappa shape index (κ3) is 15.4. The van der Waals surface area contributed by atoms with Crippen LogP contribution in [0.5, 0.6) is 5.75 Å². The van der Waals surface area contributed by atoms with Crippen LogP contribution in [0, 0.1) is 0 Å². The zero-order valence-electron chi connectivity index (χ0n) is 19.9. The first-order chi connectivity index (χ1) is 16.1. The van der Waals surface area contributed by atoms with Crippen molar-refractivity contribution < 1.29 is 44.8 Å². The lowest BCUT2D eigenvalue weighted by Gasteiger charge is -2.14. The van der Waals surface area contributed by atoms with Gasteiger partial charge in [0, 0.05) is 13.5 Å². The van der Waals surface area contributed by atoms with Crippen LogP contribution in [-0.4, -0.2) is 39.0 Å². The predicted molar refractivity (Wildman–Crippen MR) is 124 cm³/mol. The molecule has 12 heteroatoms. The molecule has 0 aliphatic carbocycles. The molecule has 0 aromatic heterocycles. The predicted octanol–water partition coefficient (Wildman–Crippen LogP) is 4.76. The summed E-state index contributed by atoms with van der Waals surface area (Å²) in [5, 5.41) is 0. The first kappa shape index (κ1) is 31.9. The van der Waals surface area contributed by atoms with Gasteiger partial charge in [-0.2, -0.15) is 21.6 Å². The van der Waals surface area contributed by atoms with Gasteiger partial charge >= 0.3 is 21.7 Å². The number of rotatable bonds is 7. The Morgan fingerprint density at radius 2 is 1.49 bits per heavy atom. The first-order valence-electron chi connectivity index (χ1n) is 10.2. The van der Waals surface area contributed by atoms with E-state index in [0.29, 0.717) is 18.3 Å². The van der Waals surface area contributed by atoms with Crippen molar-refractivity contribution in [2.24, 2.45) is 5.73 Å². The Bertz CT molecular complexity index is 989. The minimum atomic E-state index is -5.64. The molecule has 0 bridgehead atoms. The van der Waals surface area contributed by atoms with E-state index < -0.39 is 27.5 Å². The molecule has 2 aromatic rings. The van der Waals surface area contributed by atoms with E-state index in [4.69, 9.17) is 10.5 Å². The first-order valence-corrected chi connectivity index (χ1v) is 11.6. The molecule has 0 saturated heterocycles. The van der Waals surface area contributed by atoms with Gasteiger partial charge in [-0.1, -0.05) is 42.5 Å². The number of halogens is 3. The standard InChI is InChI=1S/C10H9F3O4S.C8H9NO2.C5H12O/c11-10(12,13)18(15,16)17-9-5-3-8(4-6-9)2-1-7-14;9-8(10)11-6-7-4-2-1-3-5-7;1-5(2,3)6-4/h3-7H,1-2H2;1-5H,6H2,(H2,9,10);1-4H3. The molecule has 8 nitrogen and oxygen atoms in total. The van der Waals surface area contributed by atoms with Crippen LogP contribution >= 0.6 is 0 Å². The summed E-state index contributed by atoms with van der Waals surface area (Å²) in [6.07, 6.45) is 0.670. The van der Waals surface area contributed by atoms with Gasteiger partial charge < -0.3 is 24.2 Å². The smallest absolute Gasteiger partial charge is 0.445 e. The van der Waals surface area contributed by atoms with E-state index in [0.717, 1.165) is 17.7 Å². The van der Waals surface area contributed by atoms with Crippen molar-refractivity contribution >= 4 is 22.5 Å². The van der Waals surface area contributed by atoms with Crippen LogP contribution in [0.25, 0.3) is 0 Å². The molecule has 35 heavy (non-hydrogen) atoms. The van der Waals surface area contributed by atoms with Gasteiger partial charge in [-0.25, -0.2) is 4.79 Å². The molecule has 0 atom stereocenters. The van der Waals surface area contributed by atoms with Gasteiger partial charge in [-0.3, -0.25) is 0 Å². The average molecular weight is 522 g/mol. The number of hydrogen-bond donors (Lipinski definition) is 1. The van der Waals surface area contributed by atoms with E-state index in [2.05, 4.69) is 8.92 Å². The van der Waals surface area contributed by atoms with Gasteiger partial charge in [0.15, 0.2) is 0 Å². The topological polar surface area (TPSA) is 122 Å². The quantitative estimate of drug-likeness (QED) is 0.317.